The number of esters is 1. The molecule has 0 aliphatic carbocycles. The summed E-state index contributed by atoms with van der Waals surface area (Å²) in [5.74, 6) is -0.387. The maximum absolute atomic E-state index is 11.4. The molecule has 0 aromatic heterocycles. The predicted molar refractivity (Wildman–Crippen MR) is 80.9 cm³/mol. The lowest BCUT2D eigenvalue weighted by Crippen LogP contribution is -2.10. The summed E-state index contributed by atoms with van der Waals surface area (Å²) in [7, 11) is 1.34. The van der Waals surface area contributed by atoms with Gasteiger partial charge in [-0.15, -0.1) is 0 Å². The van der Waals surface area contributed by atoms with Crippen LogP contribution in [0, 0.1) is 18.3 Å². The summed E-state index contributed by atoms with van der Waals surface area (Å²) >= 11 is 0. The zero-order valence-corrected chi connectivity index (χ0v) is 12.0. The van der Waals surface area contributed by atoms with Crippen LogP contribution in [-0.4, -0.2) is 13.1 Å². The van der Waals surface area contributed by atoms with E-state index in [9.17, 15) is 10.1 Å². The van der Waals surface area contributed by atoms with E-state index in [2.05, 4.69) is 16.1 Å². The van der Waals surface area contributed by atoms with Crippen LogP contribution in [0.2, 0.25) is 0 Å². The molecular formula is C17H16N2O2. The van der Waals surface area contributed by atoms with Crippen LogP contribution in [0.3, 0.4) is 0 Å². The first-order valence-electron chi connectivity index (χ1n) is 6.55. The fraction of sp³-hybridized carbons (Fsp3) is 0.176. The highest BCUT2D eigenvalue weighted by Gasteiger charge is 2.12. The van der Waals surface area contributed by atoms with Crippen LogP contribution in [0.4, 0.5) is 5.69 Å². The summed E-state index contributed by atoms with van der Waals surface area (Å²) < 4.78 is 4.65. The predicted octanol–water partition coefficient (Wildman–Crippen LogP) is 3.46. The van der Waals surface area contributed by atoms with E-state index < -0.39 is 6.04 Å². The van der Waals surface area contributed by atoms with E-state index in [1.165, 1.54) is 7.11 Å². The van der Waals surface area contributed by atoms with E-state index in [0.29, 0.717) is 5.56 Å². The number of nitrogens with one attached hydrogen (secondary N) is 1. The van der Waals surface area contributed by atoms with Gasteiger partial charge in [0, 0.05) is 5.69 Å². The van der Waals surface area contributed by atoms with Crippen LogP contribution in [0.1, 0.15) is 27.5 Å². The molecule has 0 aliphatic rings. The van der Waals surface area contributed by atoms with Gasteiger partial charge >= 0.3 is 5.97 Å². The number of aryl methyl sites for hydroxylation is 1. The smallest absolute Gasteiger partial charge is 0.337 e. The minimum Gasteiger partial charge on any atom is -0.465 e. The van der Waals surface area contributed by atoms with Crippen molar-refractivity contribution in [1.29, 1.82) is 5.26 Å². The van der Waals surface area contributed by atoms with E-state index in [1.54, 1.807) is 24.3 Å². The molecule has 2 rings (SSSR count). The quantitative estimate of drug-likeness (QED) is 0.871. The van der Waals surface area contributed by atoms with Crippen LogP contribution in [0.25, 0.3) is 0 Å². The first-order chi connectivity index (χ1) is 10.2. The fourth-order valence-electron chi connectivity index (χ4n) is 2.01. The summed E-state index contributed by atoms with van der Waals surface area (Å²) in [4.78, 5) is 11.4. The van der Waals surface area contributed by atoms with Gasteiger partial charge < -0.3 is 10.1 Å². The number of nitriles is 1. The third-order valence-corrected chi connectivity index (χ3v) is 3.24. The topological polar surface area (TPSA) is 62.1 Å². The number of hydrogen-bond donors (Lipinski definition) is 1. The Labute approximate surface area is 124 Å². The number of para-hydroxylation sites is 1. The van der Waals surface area contributed by atoms with Crippen molar-refractivity contribution in [3.63, 3.8) is 0 Å². The third-order valence-electron chi connectivity index (χ3n) is 3.24. The number of rotatable bonds is 4. The largest absolute Gasteiger partial charge is 0.465 e. The Bertz CT molecular complexity index is 672. The Kier molecular flexibility index (Phi) is 4.57. The molecule has 1 atom stereocenters. The standard InChI is InChI=1S/C17H16N2O2/c1-12-5-3-4-6-15(12)19-16(11-18)13-7-9-14(10-8-13)17(20)21-2/h3-10,16,19H,1-2H3. The molecule has 4 heteroatoms. The third kappa shape index (κ3) is 3.40. The number of nitrogens with zero attached hydrogens (tertiary/aromatic N) is 1. The number of benzene rings is 2. The van der Waals surface area contributed by atoms with Crippen LogP contribution in [0.5, 0.6) is 0 Å². The van der Waals surface area contributed by atoms with Gasteiger partial charge in [0.05, 0.1) is 18.7 Å². The van der Waals surface area contributed by atoms with Crippen LogP contribution in [-0.2, 0) is 4.74 Å². The Hall–Kier alpha value is -2.80. The van der Waals surface area contributed by atoms with Crippen molar-refractivity contribution in [3.8, 4) is 6.07 Å². The summed E-state index contributed by atoms with van der Waals surface area (Å²) in [6.45, 7) is 1.98. The number of anilines is 1. The number of methoxy groups -OCH3 is 1. The van der Waals surface area contributed by atoms with Crippen molar-refractivity contribution in [2.75, 3.05) is 12.4 Å². The molecular weight excluding hydrogens is 264 g/mol. The highest BCUT2D eigenvalue weighted by Crippen LogP contribution is 2.22. The second-order valence-corrected chi connectivity index (χ2v) is 4.63. The molecule has 0 saturated heterocycles. The maximum Gasteiger partial charge on any atom is 0.337 e. The van der Waals surface area contributed by atoms with Crippen LogP contribution in [0.15, 0.2) is 48.5 Å². The Morgan fingerprint density at radius 2 is 1.86 bits per heavy atom. The normalized spacial score (nSPS) is 11.3. The van der Waals surface area contributed by atoms with E-state index in [0.717, 1.165) is 16.8 Å². The molecule has 4 nitrogen and oxygen atoms in total. The van der Waals surface area contributed by atoms with E-state index >= 15 is 0 Å². The fourth-order valence-corrected chi connectivity index (χ4v) is 2.01. The lowest BCUT2D eigenvalue weighted by Gasteiger charge is -2.15. The minimum atomic E-state index is -0.474. The second-order valence-electron chi connectivity index (χ2n) is 4.63. The highest BCUT2D eigenvalue weighted by atomic mass is 16.5. The van der Waals surface area contributed by atoms with Gasteiger partial charge in [-0.05, 0) is 36.2 Å². The maximum atomic E-state index is 11.4. The number of carbonyl (C=O) groups excluding carboxylic acids is 1. The molecule has 0 heterocycles. The molecule has 21 heavy (non-hydrogen) atoms. The van der Waals surface area contributed by atoms with E-state index in [1.807, 2.05) is 31.2 Å². The van der Waals surface area contributed by atoms with Crippen LogP contribution >= 0.6 is 0 Å². The molecule has 2 aromatic rings. The van der Waals surface area contributed by atoms with Crippen molar-refractivity contribution in [2.24, 2.45) is 0 Å². The van der Waals surface area contributed by atoms with Gasteiger partial charge in [0.1, 0.15) is 6.04 Å². The Balaban J connectivity index is 2.20. The summed E-state index contributed by atoms with van der Waals surface area (Å²) in [5, 5.41) is 12.6. The second kappa shape index (κ2) is 6.58. The molecule has 0 spiro atoms. The summed E-state index contributed by atoms with van der Waals surface area (Å²) in [5.41, 5.74) is 3.26. The molecule has 0 amide bonds. The number of hydrogen-bond acceptors (Lipinski definition) is 4. The van der Waals surface area contributed by atoms with Gasteiger partial charge in [-0.25, -0.2) is 4.79 Å². The van der Waals surface area contributed by atoms with Gasteiger partial charge in [0.25, 0.3) is 0 Å². The lowest BCUT2D eigenvalue weighted by molar-refractivity contribution is 0.0600. The van der Waals surface area contributed by atoms with Crippen molar-refractivity contribution in [3.05, 3.63) is 65.2 Å². The number of carbonyl (C=O) groups is 1. The van der Waals surface area contributed by atoms with E-state index in [-0.39, 0.29) is 5.97 Å². The first-order valence-corrected chi connectivity index (χ1v) is 6.55. The summed E-state index contributed by atoms with van der Waals surface area (Å²) in [6, 6.07) is 16.4. The Morgan fingerprint density at radius 3 is 2.43 bits per heavy atom. The monoisotopic (exact) mass is 280 g/mol. The zero-order chi connectivity index (χ0) is 15.2. The van der Waals surface area contributed by atoms with Gasteiger partial charge in [0.15, 0.2) is 0 Å². The average molecular weight is 280 g/mol. The van der Waals surface area contributed by atoms with Crippen molar-refractivity contribution in [2.45, 2.75) is 13.0 Å². The average Bonchev–Trinajstić information content (AvgIpc) is 2.53. The molecule has 0 saturated carbocycles. The van der Waals surface area contributed by atoms with Crippen LogP contribution < -0.4 is 5.32 Å². The molecule has 0 fully saturated rings. The molecule has 106 valence electrons. The molecule has 0 aliphatic heterocycles. The van der Waals surface area contributed by atoms with Gasteiger partial charge in [-0.1, -0.05) is 30.3 Å². The Morgan fingerprint density at radius 1 is 1.19 bits per heavy atom. The van der Waals surface area contributed by atoms with Gasteiger partial charge in [-0.3, -0.25) is 0 Å². The zero-order valence-electron chi connectivity index (χ0n) is 12.0. The lowest BCUT2D eigenvalue weighted by atomic mass is 10.0. The molecule has 0 radical (unpaired) electrons. The van der Waals surface area contributed by atoms with Crippen molar-refractivity contribution >= 4 is 11.7 Å². The highest BCUT2D eigenvalue weighted by molar-refractivity contribution is 5.89. The summed E-state index contributed by atoms with van der Waals surface area (Å²) in [6.07, 6.45) is 0. The molecule has 1 N–H and O–H groups in total. The minimum absolute atomic E-state index is 0.387. The van der Waals surface area contributed by atoms with E-state index in [4.69, 9.17) is 0 Å². The molecule has 2 aromatic carbocycles. The van der Waals surface area contributed by atoms with Gasteiger partial charge in [0.2, 0.25) is 0 Å². The first kappa shape index (κ1) is 14.6. The molecule has 1 unspecified atom stereocenters. The SMILES string of the molecule is COC(=O)c1ccc(C(C#N)Nc2ccccc2C)cc1. The molecule has 0 bridgehead atoms. The van der Waals surface area contributed by atoms with Crippen molar-refractivity contribution < 1.29 is 9.53 Å². The number of ether oxygens (including phenoxy) is 1. The van der Waals surface area contributed by atoms with Gasteiger partial charge in [-0.2, -0.15) is 5.26 Å². The van der Waals surface area contributed by atoms with Crippen molar-refractivity contribution in [1.82, 2.24) is 0 Å².